The van der Waals surface area contributed by atoms with E-state index in [1.807, 2.05) is 24.3 Å². The number of thioether (sulfide) groups is 1. The van der Waals surface area contributed by atoms with E-state index in [-0.39, 0.29) is 11.8 Å². The summed E-state index contributed by atoms with van der Waals surface area (Å²) in [4.78, 5) is 30.8. The second-order valence-corrected chi connectivity index (χ2v) is 7.77. The summed E-state index contributed by atoms with van der Waals surface area (Å²) in [6.07, 6.45) is 1.35. The first-order valence-corrected chi connectivity index (χ1v) is 9.02. The van der Waals surface area contributed by atoms with E-state index in [0.717, 1.165) is 19.5 Å². The maximum atomic E-state index is 12.6. The number of para-hydroxylation sites is 1. The first kappa shape index (κ1) is 15.4. The van der Waals surface area contributed by atoms with Crippen molar-refractivity contribution >= 4 is 62.4 Å². The van der Waals surface area contributed by atoms with Crippen LogP contribution in [0.1, 0.15) is 0 Å². The molecule has 2 aromatic carbocycles. The molecule has 0 N–H and O–H groups in total. The minimum absolute atomic E-state index is 0.341. The topological polar surface area (TPSA) is 50.3 Å². The molecule has 0 unspecified atom stereocenters. The van der Waals surface area contributed by atoms with E-state index >= 15 is 0 Å². The van der Waals surface area contributed by atoms with Crippen molar-refractivity contribution in [2.45, 2.75) is 4.34 Å². The Bertz CT molecular complexity index is 962. The van der Waals surface area contributed by atoms with Gasteiger partial charge >= 0.3 is 0 Å². The second kappa shape index (κ2) is 6.05. The third-order valence-electron chi connectivity index (χ3n) is 3.45. The number of carbonyl (C=O) groups is 2. The van der Waals surface area contributed by atoms with Crippen LogP contribution in [-0.2, 0) is 9.59 Å². The van der Waals surface area contributed by atoms with Crippen molar-refractivity contribution in [1.29, 1.82) is 0 Å². The number of fused-ring (bicyclic) bond motifs is 1. The van der Waals surface area contributed by atoms with E-state index in [2.05, 4.69) is 4.98 Å². The number of aromatic nitrogens is 1. The summed E-state index contributed by atoms with van der Waals surface area (Å²) in [7, 11) is 0. The number of halogens is 1. The predicted octanol–water partition coefficient (Wildman–Crippen LogP) is 4.50. The number of amides is 2. The quantitative estimate of drug-likeness (QED) is 0.635. The Labute approximate surface area is 150 Å². The van der Waals surface area contributed by atoms with E-state index < -0.39 is 0 Å². The monoisotopic (exact) mass is 372 g/mol. The van der Waals surface area contributed by atoms with Crippen LogP contribution in [0.5, 0.6) is 0 Å². The van der Waals surface area contributed by atoms with Crippen LogP contribution >= 0.6 is 34.7 Å². The maximum Gasteiger partial charge on any atom is 0.272 e. The minimum Gasteiger partial charge on any atom is -0.269 e. The molecule has 0 fully saturated rings. The molecule has 0 bridgehead atoms. The van der Waals surface area contributed by atoms with Gasteiger partial charge in [-0.15, -0.1) is 11.3 Å². The second-order valence-electron chi connectivity index (χ2n) is 5.01. The summed E-state index contributed by atoms with van der Waals surface area (Å²) in [5.74, 6) is -0.697. The van der Waals surface area contributed by atoms with Gasteiger partial charge in [-0.3, -0.25) is 9.59 Å². The number of hydrogen-bond acceptors (Lipinski definition) is 5. The molecule has 4 nitrogen and oxygen atoms in total. The standard InChI is InChI=1S/C17H9ClN2O2S2/c18-10-5-7-11(8-6-10)20-15(21)9-14(16(20)22)24-17-19-12-3-1-2-4-13(12)23-17/h1-9H. The molecule has 0 radical (unpaired) electrons. The number of benzene rings is 2. The zero-order valence-electron chi connectivity index (χ0n) is 12.1. The van der Waals surface area contributed by atoms with Crippen molar-refractivity contribution < 1.29 is 9.59 Å². The average molecular weight is 373 g/mol. The van der Waals surface area contributed by atoms with E-state index in [4.69, 9.17) is 11.6 Å². The molecule has 0 atom stereocenters. The maximum absolute atomic E-state index is 12.6. The molecule has 3 aromatic rings. The number of rotatable bonds is 3. The van der Waals surface area contributed by atoms with Gasteiger partial charge in [-0.2, -0.15) is 0 Å². The molecule has 24 heavy (non-hydrogen) atoms. The Morgan fingerprint density at radius 3 is 2.54 bits per heavy atom. The highest BCUT2D eigenvalue weighted by atomic mass is 35.5. The Morgan fingerprint density at radius 1 is 1.04 bits per heavy atom. The van der Waals surface area contributed by atoms with E-state index in [1.165, 1.54) is 29.2 Å². The first-order chi connectivity index (χ1) is 11.6. The van der Waals surface area contributed by atoms with Crippen molar-refractivity contribution in [3.63, 3.8) is 0 Å². The number of nitrogens with zero attached hydrogens (tertiary/aromatic N) is 2. The van der Waals surface area contributed by atoms with Crippen molar-refractivity contribution in [3.05, 3.63) is 64.5 Å². The van der Waals surface area contributed by atoms with Crippen LogP contribution < -0.4 is 4.90 Å². The molecule has 0 saturated carbocycles. The largest absolute Gasteiger partial charge is 0.272 e. The lowest BCUT2D eigenvalue weighted by Gasteiger charge is -2.14. The van der Waals surface area contributed by atoms with Gasteiger partial charge in [0.25, 0.3) is 11.8 Å². The van der Waals surface area contributed by atoms with Gasteiger partial charge < -0.3 is 0 Å². The fourth-order valence-electron chi connectivity index (χ4n) is 2.35. The third kappa shape index (κ3) is 2.73. The van der Waals surface area contributed by atoms with Crippen LogP contribution in [0, 0.1) is 0 Å². The first-order valence-electron chi connectivity index (χ1n) is 7.01. The molecular formula is C17H9ClN2O2S2. The SMILES string of the molecule is O=C1C=C(Sc2nc3ccccc3s2)C(=O)N1c1ccc(Cl)cc1. The molecule has 1 aromatic heterocycles. The molecule has 0 saturated heterocycles. The van der Waals surface area contributed by atoms with Crippen LogP contribution in [0.3, 0.4) is 0 Å². The van der Waals surface area contributed by atoms with Crippen LogP contribution in [0.15, 0.2) is 63.9 Å². The zero-order valence-corrected chi connectivity index (χ0v) is 14.5. The number of anilines is 1. The summed E-state index contributed by atoms with van der Waals surface area (Å²) in [5, 5.41) is 0.551. The fraction of sp³-hybridized carbons (Fsp3) is 0. The smallest absolute Gasteiger partial charge is 0.269 e. The molecule has 4 rings (SSSR count). The summed E-state index contributed by atoms with van der Waals surface area (Å²) in [5.41, 5.74) is 1.39. The summed E-state index contributed by atoms with van der Waals surface area (Å²) >= 11 is 8.57. The van der Waals surface area contributed by atoms with Gasteiger partial charge in [0.05, 0.1) is 20.8 Å². The number of thiazole rings is 1. The number of hydrogen-bond donors (Lipinski definition) is 0. The molecule has 1 aliphatic rings. The molecule has 7 heteroatoms. The zero-order chi connectivity index (χ0) is 16.7. The van der Waals surface area contributed by atoms with Crippen LogP contribution in [0.25, 0.3) is 10.2 Å². The Kier molecular flexibility index (Phi) is 3.88. The normalized spacial score (nSPS) is 14.5. The Morgan fingerprint density at radius 2 is 1.79 bits per heavy atom. The van der Waals surface area contributed by atoms with Crippen LogP contribution in [0.2, 0.25) is 5.02 Å². The molecule has 2 heterocycles. The predicted molar refractivity (Wildman–Crippen MR) is 97.5 cm³/mol. The van der Waals surface area contributed by atoms with E-state index in [9.17, 15) is 9.59 Å². The Balaban J connectivity index is 1.60. The van der Waals surface area contributed by atoms with Crippen molar-refractivity contribution in [2.75, 3.05) is 4.90 Å². The minimum atomic E-state index is -0.356. The third-order valence-corrected chi connectivity index (χ3v) is 5.81. The van der Waals surface area contributed by atoms with Gasteiger partial charge in [-0.1, -0.05) is 35.5 Å². The van der Waals surface area contributed by atoms with Crippen molar-refractivity contribution in [1.82, 2.24) is 4.98 Å². The molecule has 0 spiro atoms. The summed E-state index contributed by atoms with van der Waals surface area (Å²) < 4.78 is 1.79. The van der Waals surface area contributed by atoms with E-state index in [0.29, 0.717) is 15.6 Å². The van der Waals surface area contributed by atoms with Gasteiger partial charge in [0, 0.05) is 11.1 Å². The highest BCUT2D eigenvalue weighted by Gasteiger charge is 2.33. The number of carbonyl (C=O) groups excluding carboxylic acids is 2. The van der Waals surface area contributed by atoms with Gasteiger partial charge in [0.1, 0.15) is 0 Å². The van der Waals surface area contributed by atoms with Crippen molar-refractivity contribution in [2.24, 2.45) is 0 Å². The fourth-order valence-corrected chi connectivity index (χ4v) is 4.54. The highest BCUT2D eigenvalue weighted by Crippen LogP contribution is 2.37. The van der Waals surface area contributed by atoms with Gasteiger partial charge in [0.2, 0.25) is 0 Å². The molecule has 1 aliphatic heterocycles. The summed E-state index contributed by atoms with van der Waals surface area (Å²) in [6.45, 7) is 0. The molecule has 118 valence electrons. The van der Waals surface area contributed by atoms with Crippen LogP contribution in [-0.4, -0.2) is 16.8 Å². The Hall–Kier alpha value is -2.15. The van der Waals surface area contributed by atoms with Gasteiger partial charge in [0.15, 0.2) is 4.34 Å². The lowest BCUT2D eigenvalue weighted by atomic mass is 10.3. The summed E-state index contributed by atoms with van der Waals surface area (Å²) in [6, 6.07) is 14.4. The molecule has 2 amide bonds. The van der Waals surface area contributed by atoms with E-state index in [1.54, 1.807) is 24.3 Å². The molecule has 0 aliphatic carbocycles. The van der Waals surface area contributed by atoms with Crippen molar-refractivity contribution in [3.8, 4) is 0 Å². The van der Waals surface area contributed by atoms with Gasteiger partial charge in [-0.25, -0.2) is 9.88 Å². The lowest BCUT2D eigenvalue weighted by molar-refractivity contribution is -0.120. The van der Waals surface area contributed by atoms with Gasteiger partial charge in [-0.05, 0) is 36.4 Å². The lowest BCUT2D eigenvalue weighted by Crippen LogP contribution is -2.30. The number of imide groups is 1. The average Bonchev–Trinajstić information content (AvgIpc) is 3.09. The van der Waals surface area contributed by atoms with Crippen LogP contribution in [0.4, 0.5) is 5.69 Å². The molecular weight excluding hydrogens is 364 g/mol. The highest BCUT2D eigenvalue weighted by molar-refractivity contribution is 8.05.